The molecule has 0 spiro atoms. The van der Waals surface area contributed by atoms with Crippen LogP contribution < -0.4 is 19.6 Å². The molecule has 0 radical (unpaired) electrons. The van der Waals surface area contributed by atoms with E-state index in [1.165, 1.54) is 22.5 Å². The summed E-state index contributed by atoms with van der Waals surface area (Å²) in [7, 11) is 0. The first kappa shape index (κ1) is 44.8. The Morgan fingerprint density at radius 3 is 0.904 bits per heavy atom. The van der Waals surface area contributed by atoms with Gasteiger partial charge in [0.25, 0.3) is 0 Å². The molecule has 0 amide bonds. The van der Waals surface area contributed by atoms with Crippen LogP contribution in [0.25, 0.3) is 22.3 Å². The van der Waals surface area contributed by atoms with Gasteiger partial charge in [-0.1, -0.05) is 184 Å². The molecule has 12 rings (SSSR count). The lowest BCUT2D eigenvalue weighted by atomic mass is 9.73. The minimum absolute atomic E-state index is 0.233. The largest absolute Gasteiger partial charge is 0.311 e. The van der Waals surface area contributed by atoms with Crippen LogP contribution in [-0.2, 0) is 5.41 Å². The summed E-state index contributed by atoms with van der Waals surface area (Å²) < 4.78 is 0. The minimum atomic E-state index is -0.233. The molecule has 1 aliphatic rings. The SMILES string of the molecule is CC1(C)c2ccccc2N(c2cc(-c3ccc(N(c4ccccc4)c4ccccc4)cc3)c(N(c3ccccc3)c3ccccc3)cc2-c2ccc(N(c3ccccc3)c3ccccc3)cc2)c2ccccc21. The second kappa shape index (κ2) is 19.4. The van der Waals surface area contributed by atoms with Crippen LogP contribution >= 0.6 is 0 Å². The van der Waals surface area contributed by atoms with E-state index in [4.69, 9.17) is 0 Å². The van der Waals surface area contributed by atoms with E-state index < -0.39 is 0 Å². The highest BCUT2D eigenvalue weighted by molar-refractivity contribution is 6.00. The maximum atomic E-state index is 2.52. The van der Waals surface area contributed by atoms with Crippen molar-refractivity contribution in [3.05, 3.63) is 302 Å². The molecule has 0 atom stereocenters. The number of para-hydroxylation sites is 8. The van der Waals surface area contributed by atoms with E-state index in [0.29, 0.717) is 0 Å². The fourth-order valence-corrected chi connectivity index (χ4v) is 10.7. The van der Waals surface area contributed by atoms with Crippen LogP contribution in [0.1, 0.15) is 25.0 Å². The molecule has 73 heavy (non-hydrogen) atoms. The number of hydrogen-bond donors (Lipinski definition) is 0. The number of rotatable bonds is 12. The Morgan fingerprint density at radius 1 is 0.260 bits per heavy atom. The van der Waals surface area contributed by atoms with E-state index in [2.05, 4.69) is 325 Å². The maximum Gasteiger partial charge on any atom is 0.0548 e. The molecule has 11 aromatic carbocycles. The molecule has 1 heterocycles. The highest BCUT2D eigenvalue weighted by atomic mass is 15.2. The number of anilines is 12. The van der Waals surface area contributed by atoms with Crippen molar-refractivity contribution in [1.29, 1.82) is 0 Å². The van der Waals surface area contributed by atoms with Crippen molar-refractivity contribution in [2.75, 3.05) is 19.6 Å². The molecule has 0 unspecified atom stereocenters. The summed E-state index contributed by atoms with van der Waals surface area (Å²) in [5, 5.41) is 0. The van der Waals surface area contributed by atoms with Gasteiger partial charge >= 0.3 is 0 Å². The van der Waals surface area contributed by atoms with Gasteiger partial charge in [-0.3, -0.25) is 0 Å². The smallest absolute Gasteiger partial charge is 0.0548 e. The van der Waals surface area contributed by atoms with Gasteiger partial charge < -0.3 is 19.6 Å². The van der Waals surface area contributed by atoms with Crippen LogP contribution in [0.2, 0.25) is 0 Å². The van der Waals surface area contributed by atoms with Crippen LogP contribution in [-0.4, -0.2) is 0 Å². The second-order valence-electron chi connectivity index (χ2n) is 19.0. The molecule has 0 aromatic heterocycles. The number of nitrogens with zero attached hydrogens (tertiary/aromatic N) is 4. The number of hydrogen-bond acceptors (Lipinski definition) is 4. The molecule has 0 bridgehead atoms. The molecule has 4 nitrogen and oxygen atoms in total. The second-order valence-corrected chi connectivity index (χ2v) is 19.0. The fraction of sp³-hybridized carbons (Fsp3) is 0.0435. The fourth-order valence-electron chi connectivity index (χ4n) is 10.7. The average molecular weight is 939 g/mol. The Balaban J connectivity index is 1.12. The minimum Gasteiger partial charge on any atom is -0.311 e. The average Bonchev–Trinajstić information content (AvgIpc) is 3.46. The molecular weight excluding hydrogens is 885 g/mol. The van der Waals surface area contributed by atoms with Gasteiger partial charge in [-0.2, -0.15) is 0 Å². The standard InChI is InChI=1S/C69H54N4/c1-69(2)63-37-21-23-39-65(63)73(66-40-24-22-38-64(66)69)68-50-61(51-41-45-59(46-42-51)70(53-25-9-3-10-26-53)54-27-11-4-12-28-54)67(72(57-33-17-7-18-34-57)58-35-19-8-20-36-58)49-62(68)52-43-47-60(48-44-52)71(55-29-13-5-14-30-55)56-31-15-6-16-32-56/h3-50H,1-2H3. The van der Waals surface area contributed by atoms with E-state index in [1.807, 2.05) is 0 Å². The Bertz CT molecular complexity index is 3450. The van der Waals surface area contributed by atoms with Crippen LogP contribution in [0, 0.1) is 0 Å². The normalized spacial score (nSPS) is 12.3. The van der Waals surface area contributed by atoms with Gasteiger partial charge in [0.2, 0.25) is 0 Å². The van der Waals surface area contributed by atoms with Crippen molar-refractivity contribution in [3.63, 3.8) is 0 Å². The van der Waals surface area contributed by atoms with Crippen molar-refractivity contribution in [2.45, 2.75) is 19.3 Å². The van der Waals surface area contributed by atoms with Crippen molar-refractivity contribution in [1.82, 2.24) is 0 Å². The molecule has 0 N–H and O–H groups in total. The van der Waals surface area contributed by atoms with Gasteiger partial charge in [0.15, 0.2) is 0 Å². The Kier molecular flexibility index (Phi) is 11.9. The van der Waals surface area contributed by atoms with Crippen molar-refractivity contribution < 1.29 is 0 Å². The third kappa shape index (κ3) is 8.49. The zero-order valence-electron chi connectivity index (χ0n) is 41.0. The molecule has 350 valence electrons. The van der Waals surface area contributed by atoms with Crippen molar-refractivity contribution in [3.8, 4) is 22.3 Å². The van der Waals surface area contributed by atoms with E-state index in [-0.39, 0.29) is 5.41 Å². The van der Waals surface area contributed by atoms with Crippen LogP contribution in [0.4, 0.5) is 68.2 Å². The lowest BCUT2D eigenvalue weighted by Crippen LogP contribution is -2.30. The van der Waals surface area contributed by atoms with E-state index in [9.17, 15) is 0 Å². The molecule has 11 aromatic rings. The third-order valence-corrected chi connectivity index (χ3v) is 14.2. The van der Waals surface area contributed by atoms with Gasteiger partial charge in [0.1, 0.15) is 0 Å². The maximum absolute atomic E-state index is 2.52. The first-order chi connectivity index (χ1) is 36.0. The summed E-state index contributed by atoms with van der Waals surface area (Å²) in [6.45, 7) is 4.71. The lowest BCUT2D eigenvalue weighted by molar-refractivity contribution is 0.632. The highest BCUT2D eigenvalue weighted by Crippen LogP contribution is 2.56. The molecule has 0 aliphatic carbocycles. The Labute approximate surface area is 429 Å². The monoisotopic (exact) mass is 938 g/mol. The first-order valence-corrected chi connectivity index (χ1v) is 25.1. The number of benzene rings is 11. The van der Waals surface area contributed by atoms with Crippen molar-refractivity contribution >= 4 is 68.2 Å². The van der Waals surface area contributed by atoms with Crippen molar-refractivity contribution in [2.24, 2.45) is 0 Å². The zero-order chi connectivity index (χ0) is 49.1. The van der Waals surface area contributed by atoms with Gasteiger partial charge in [-0.25, -0.2) is 0 Å². The van der Waals surface area contributed by atoms with Crippen LogP contribution in [0.3, 0.4) is 0 Å². The number of fused-ring (bicyclic) bond motifs is 2. The Hall–Kier alpha value is -9.38. The lowest BCUT2D eigenvalue weighted by Gasteiger charge is -2.43. The van der Waals surface area contributed by atoms with E-state index in [1.54, 1.807) is 0 Å². The Morgan fingerprint density at radius 2 is 0.548 bits per heavy atom. The third-order valence-electron chi connectivity index (χ3n) is 14.2. The molecule has 4 heteroatoms. The predicted octanol–water partition coefficient (Wildman–Crippen LogP) is 19.5. The molecular formula is C69H54N4. The van der Waals surface area contributed by atoms with E-state index in [0.717, 1.165) is 79.1 Å². The predicted molar refractivity (Wildman–Crippen MR) is 308 cm³/mol. The summed E-state index contributed by atoms with van der Waals surface area (Å²) in [6.07, 6.45) is 0. The topological polar surface area (TPSA) is 13.0 Å². The van der Waals surface area contributed by atoms with Gasteiger partial charge in [0, 0.05) is 62.0 Å². The van der Waals surface area contributed by atoms with Crippen LogP contribution in [0.5, 0.6) is 0 Å². The summed E-state index contributed by atoms with van der Waals surface area (Å²) in [6, 6.07) is 105. The molecule has 1 aliphatic heterocycles. The quantitative estimate of drug-likeness (QED) is 0.121. The first-order valence-electron chi connectivity index (χ1n) is 25.1. The van der Waals surface area contributed by atoms with E-state index >= 15 is 0 Å². The molecule has 0 saturated carbocycles. The molecule has 0 fully saturated rings. The van der Waals surface area contributed by atoms with Crippen LogP contribution in [0.15, 0.2) is 291 Å². The highest BCUT2D eigenvalue weighted by Gasteiger charge is 2.38. The molecule has 0 saturated heterocycles. The van der Waals surface area contributed by atoms with Gasteiger partial charge in [-0.15, -0.1) is 0 Å². The zero-order valence-corrected chi connectivity index (χ0v) is 41.0. The van der Waals surface area contributed by atoms with Gasteiger partial charge in [0.05, 0.1) is 22.7 Å². The summed E-state index contributed by atoms with van der Waals surface area (Å²) in [4.78, 5) is 9.58. The summed E-state index contributed by atoms with van der Waals surface area (Å²) >= 11 is 0. The van der Waals surface area contributed by atoms with Gasteiger partial charge in [-0.05, 0) is 144 Å². The summed E-state index contributed by atoms with van der Waals surface area (Å²) in [5.74, 6) is 0. The summed E-state index contributed by atoms with van der Waals surface area (Å²) in [5.41, 5.74) is 19.9.